The fraction of sp³-hybridized carbons (Fsp3) is 0.556. The monoisotopic (exact) mass is 367 g/mol. The number of ether oxygens (including phenoxy) is 1. The van der Waals surface area contributed by atoms with E-state index < -0.39 is 15.8 Å². The lowest BCUT2D eigenvalue weighted by atomic mass is 10.1. The Bertz CT molecular complexity index is 716. The van der Waals surface area contributed by atoms with Crippen molar-refractivity contribution >= 4 is 21.7 Å². The van der Waals surface area contributed by atoms with Crippen LogP contribution in [-0.4, -0.2) is 56.4 Å². The van der Waals surface area contributed by atoms with Crippen LogP contribution in [-0.2, 0) is 14.6 Å². The van der Waals surface area contributed by atoms with Crippen LogP contribution in [0.2, 0.25) is 0 Å². The average Bonchev–Trinajstić information content (AvgIpc) is 2.59. The minimum atomic E-state index is -3.10. The summed E-state index contributed by atoms with van der Waals surface area (Å²) < 4.78 is 29.3. The topological polar surface area (TPSA) is 80.8 Å². The van der Waals surface area contributed by atoms with E-state index in [1.807, 2.05) is 13.8 Å². The van der Waals surface area contributed by atoms with Crippen molar-refractivity contribution in [3.63, 3.8) is 0 Å². The zero-order valence-corrected chi connectivity index (χ0v) is 15.7. The van der Waals surface area contributed by atoms with E-state index >= 15 is 0 Å². The van der Waals surface area contributed by atoms with Crippen molar-refractivity contribution < 1.29 is 22.7 Å². The number of esters is 1. The number of carbonyl (C=O) groups excluding carboxylic acids is 2. The molecule has 1 saturated heterocycles. The van der Waals surface area contributed by atoms with E-state index in [1.165, 1.54) is 7.11 Å². The van der Waals surface area contributed by atoms with Crippen LogP contribution >= 0.6 is 0 Å². The van der Waals surface area contributed by atoms with E-state index in [9.17, 15) is 18.0 Å². The Labute approximate surface area is 149 Å². The molecule has 25 heavy (non-hydrogen) atoms. The Kier molecular flexibility index (Phi) is 6.21. The summed E-state index contributed by atoms with van der Waals surface area (Å²) >= 11 is 0. The fourth-order valence-electron chi connectivity index (χ4n) is 3.07. The molecule has 0 saturated carbocycles. The van der Waals surface area contributed by atoms with E-state index in [0.717, 1.165) is 0 Å². The summed E-state index contributed by atoms with van der Waals surface area (Å²) in [5.74, 6) is -0.287. The van der Waals surface area contributed by atoms with Crippen LogP contribution in [0.4, 0.5) is 0 Å². The fourth-order valence-corrected chi connectivity index (χ4v) is 5.20. The number of methoxy groups -OCH3 is 1. The predicted molar refractivity (Wildman–Crippen MR) is 95.3 cm³/mol. The molecule has 0 bridgehead atoms. The van der Waals surface area contributed by atoms with Crippen molar-refractivity contribution in [3.8, 4) is 0 Å². The Balaban J connectivity index is 1.98. The Morgan fingerprint density at radius 2 is 1.64 bits per heavy atom. The summed E-state index contributed by atoms with van der Waals surface area (Å²) in [6, 6.07) is 6.30. The van der Waals surface area contributed by atoms with Gasteiger partial charge in [-0.2, -0.15) is 0 Å². The molecule has 0 aliphatic carbocycles. The second-order valence-corrected chi connectivity index (χ2v) is 9.11. The highest BCUT2D eigenvalue weighted by Gasteiger charge is 2.32. The molecule has 0 radical (unpaired) electrons. The van der Waals surface area contributed by atoms with E-state index in [1.54, 1.807) is 29.2 Å². The third-order valence-corrected chi connectivity index (χ3v) is 6.97. The molecule has 1 amide bonds. The van der Waals surface area contributed by atoms with Crippen LogP contribution in [0.1, 0.15) is 47.4 Å². The zero-order chi connectivity index (χ0) is 18.6. The Morgan fingerprint density at radius 1 is 1.12 bits per heavy atom. The first-order valence-electron chi connectivity index (χ1n) is 8.44. The van der Waals surface area contributed by atoms with Crippen molar-refractivity contribution in [1.82, 2.24) is 4.90 Å². The number of sulfone groups is 1. The van der Waals surface area contributed by atoms with Gasteiger partial charge in [-0.3, -0.25) is 4.79 Å². The van der Waals surface area contributed by atoms with E-state index in [0.29, 0.717) is 37.1 Å². The summed E-state index contributed by atoms with van der Waals surface area (Å²) in [5, 5.41) is -0.361. The molecule has 0 unspecified atom stereocenters. The molecule has 1 aliphatic rings. The highest BCUT2D eigenvalue weighted by molar-refractivity contribution is 7.92. The molecular weight excluding hydrogens is 342 g/mol. The average molecular weight is 367 g/mol. The number of nitrogens with zero attached hydrogens (tertiary/aromatic N) is 1. The van der Waals surface area contributed by atoms with Gasteiger partial charge in [-0.25, -0.2) is 13.2 Å². The molecule has 6 nitrogen and oxygen atoms in total. The van der Waals surface area contributed by atoms with Crippen LogP contribution in [0.15, 0.2) is 24.3 Å². The van der Waals surface area contributed by atoms with Gasteiger partial charge < -0.3 is 9.64 Å². The smallest absolute Gasteiger partial charge is 0.337 e. The number of rotatable bonds is 5. The first-order chi connectivity index (χ1) is 11.7. The molecule has 1 aliphatic heterocycles. The second-order valence-electron chi connectivity index (χ2n) is 6.78. The van der Waals surface area contributed by atoms with Crippen LogP contribution in [0.25, 0.3) is 0 Å². The van der Waals surface area contributed by atoms with Crippen molar-refractivity contribution in [2.45, 2.75) is 31.9 Å². The van der Waals surface area contributed by atoms with E-state index in [-0.39, 0.29) is 22.8 Å². The number of hydrogen-bond donors (Lipinski definition) is 0. The van der Waals surface area contributed by atoms with Gasteiger partial charge in [-0.05, 0) is 43.0 Å². The minimum absolute atomic E-state index is 0.109. The summed E-state index contributed by atoms with van der Waals surface area (Å²) in [4.78, 5) is 25.6. The van der Waals surface area contributed by atoms with Gasteiger partial charge in [-0.1, -0.05) is 13.8 Å². The first-order valence-corrected chi connectivity index (χ1v) is 10.2. The summed E-state index contributed by atoms with van der Waals surface area (Å²) in [6.45, 7) is 4.65. The van der Waals surface area contributed by atoms with Crippen molar-refractivity contribution in [1.29, 1.82) is 0 Å². The third kappa shape index (κ3) is 4.81. The van der Waals surface area contributed by atoms with Gasteiger partial charge in [0.2, 0.25) is 0 Å². The van der Waals surface area contributed by atoms with E-state index in [4.69, 9.17) is 0 Å². The molecule has 1 aromatic rings. The number of piperidine rings is 1. The van der Waals surface area contributed by atoms with Crippen LogP contribution in [0.5, 0.6) is 0 Å². The quantitative estimate of drug-likeness (QED) is 0.745. The van der Waals surface area contributed by atoms with Crippen molar-refractivity contribution in [2.24, 2.45) is 5.92 Å². The SMILES string of the molecule is COC(=O)c1ccc(C(=O)N2CCC(S(=O)(=O)CC(C)C)CC2)cc1. The standard InChI is InChI=1S/C18H25NO5S/c1-13(2)12-25(22,23)16-8-10-19(11-9-16)17(20)14-4-6-15(7-5-14)18(21)24-3/h4-7,13,16H,8-12H2,1-3H3. The molecule has 0 spiro atoms. The first kappa shape index (κ1) is 19.4. The molecule has 138 valence electrons. The Morgan fingerprint density at radius 3 is 2.12 bits per heavy atom. The maximum Gasteiger partial charge on any atom is 0.337 e. The number of likely N-dealkylation sites (tertiary alicyclic amines) is 1. The summed E-state index contributed by atoms with van der Waals surface area (Å²) in [5.41, 5.74) is 0.869. The normalized spacial score (nSPS) is 16.1. The van der Waals surface area contributed by atoms with Gasteiger partial charge >= 0.3 is 5.97 Å². The lowest BCUT2D eigenvalue weighted by Gasteiger charge is -2.32. The number of amides is 1. The maximum atomic E-state index is 12.5. The molecule has 7 heteroatoms. The third-order valence-electron chi connectivity index (χ3n) is 4.36. The second kappa shape index (κ2) is 7.99. The van der Waals surface area contributed by atoms with E-state index in [2.05, 4.69) is 4.74 Å². The van der Waals surface area contributed by atoms with Gasteiger partial charge in [0.1, 0.15) is 0 Å². The lowest BCUT2D eigenvalue weighted by molar-refractivity contribution is 0.0599. The molecule has 1 fully saturated rings. The summed E-state index contributed by atoms with van der Waals surface area (Å²) in [6.07, 6.45) is 0.947. The number of carbonyl (C=O) groups is 2. The predicted octanol–water partition coefficient (Wildman–Crippen LogP) is 2.15. The lowest BCUT2D eigenvalue weighted by Crippen LogP contribution is -2.43. The molecule has 1 aromatic carbocycles. The highest BCUT2D eigenvalue weighted by Crippen LogP contribution is 2.22. The van der Waals surface area contributed by atoms with Crippen LogP contribution < -0.4 is 0 Å². The molecule has 0 aromatic heterocycles. The molecule has 0 N–H and O–H groups in total. The zero-order valence-electron chi connectivity index (χ0n) is 14.9. The van der Waals surface area contributed by atoms with Gasteiger partial charge in [0, 0.05) is 18.7 Å². The van der Waals surface area contributed by atoms with Gasteiger partial charge in [0.15, 0.2) is 9.84 Å². The van der Waals surface area contributed by atoms with Gasteiger partial charge in [-0.15, -0.1) is 0 Å². The number of benzene rings is 1. The van der Waals surface area contributed by atoms with Crippen molar-refractivity contribution in [3.05, 3.63) is 35.4 Å². The van der Waals surface area contributed by atoms with Gasteiger partial charge in [0.25, 0.3) is 5.91 Å². The van der Waals surface area contributed by atoms with Crippen LogP contribution in [0.3, 0.4) is 0 Å². The number of hydrogen-bond acceptors (Lipinski definition) is 5. The molecule has 1 heterocycles. The van der Waals surface area contributed by atoms with Gasteiger partial charge in [0.05, 0.1) is 23.7 Å². The minimum Gasteiger partial charge on any atom is -0.465 e. The maximum absolute atomic E-state index is 12.5. The highest BCUT2D eigenvalue weighted by atomic mass is 32.2. The summed E-state index contributed by atoms with van der Waals surface area (Å²) in [7, 11) is -1.80. The molecule has 2 rings (SSSR count). The molecular formula is C18H25NO5S. The largest absolute Gasteiger partial charge is 0.465 e. The van der Waals surface area contributed by atoms with Crippen molar-refractivity contribution in [2.75, 3.05) is 26.0 Å². The van der Waals surface area contributed by atoms with Crippen LogP contribution in [0, 0.1) is 5.92 Å². The molecule has 0 atom stereocenters. The Hall–Kier alpha value is -1.89.